The summed E-state index contributed by atoms with van der Waals surface area (Å²) in [7, 11) is 1.59. The van der Waals surface area contributed by atoms with Gasteiger partial charge in [-0.05, 0) is 54.1 Å². The van der Waals surface area contributed by atoms with Crippen LogP contribution in [-0.4, -0.2) is 27.8 Å². The summed E-state index contributed by atoms with van der Waals surface area (Å²) in [5.74, 6) is 1.48. The summed E-state index contributed by atoms with van der Waals surface area (Å²) in [4.78, 5) is 12.3. The first-order valence-electron chi connectivity index (χ1n) is 9.85. The van der Waals surface area contributed by atoms with E-state index in [1.165, 1.54) is 23.9 Å². The molecule has 4 rings (SSSR count). The standard InChI is InChI=1S/C23H21FN4O3S/c1-30-14-21-26-27-23(28(21)19-10-8-18(24)9-11-19)32-15-16-4-6-17(7-5-16)22(29)25-13-20-3-2-12-31-20/h2-12H,13-15H2,1H3,(H,25,29). The summed E-state index contributed by atoms with van der Waals surface area (Å²) in [6.45, 7) is 0.624. The van der Waals surface area contributed by atoms with E-state index in [0.29, 0.717) is 34.6 Å². The number of carbonyl (C=O) groups is 1. The quantitative estimate of drug-likeness (QED) is 0.380. The summed E-state index contributed by atoms with van der Waals surface area (Å²) < 4.78 is 25.6. The average molecular weight is 453 g/mol. The molecule has 0 unspecified atom stereocenters. The van der Waals surface area contributed by atoms with Gasteiger partial charge in [0.15, 0.2) is 11.0 Å². The van der Waals surface area contributed by atoms with E-state index in [2.05, 4.69) is 15.5 Å². The van der Waals surface area contributed by atoms with Crippen molar-refractivity contribution in [1.82, 2.24) is 20.1 Å². The zero-order chi connectivity index (χ0) is 22.3. The Morgan fingerprint density at radius 1 is 1.12 bits per heavy atom. The van der Waals surface area contributed by atoms with Gasteiger partial charge in [-0.15, -0.1) is 10.2 Å². The molecule has 2 aromatic heterocycles. The first-order valence-corrected chi connectivity index (χ1v) is 10.8. The van der Waals surface area contributed by atoms with Crippen molar-refractivity contribution >= 4 is 17.7 Å². The highest BCUT2D eigenvalue weighted by atomic mass is 32.2. The number of carbonyl (C=O) groups excluding carboxylic acids is 1. The number of methoxy groups -OCH3 is 1. The second-order valence-corrected chi connectivity index (χ2v) is 7.83. The van der Waals surface area contributed by atoms with Gasteiger partial charge < -0.3 is 14.5 Å². The molecule has 0 saturated carbocycles. The van der Waals surface area contributed by atoms with Gasteiger partial charge in [0, 0.05) is 24.1 Å². The molecule has 0 aliphatic carbocycles. The molecule has 0 aliphatic heterocycles. The van der Waals surface area contributed by atoms with Gasteiger partial charge in [-0.2, -0.15) is 0 Å². The third-order valence-electron chi connectivity index (χ3n) is 4.65. The fraction of sp³-hybridized carbons (Fsp3) is 0.174. The molecule has 4 aromatic rings. The lowest BCUT2D eigenvalue weighted by Gasteiger charge is -2.10. The molecule has 7 nitrogen and oxygen atoms in total. The molecular weight excluding hydrogens is 431 g/mol. The molecule has 32 heavy (non-hydrogen) atoms. The fourth-order valence-electron chi connectivity index (χ4n) is 3.05. The molecule has 2 aromatic carbocycles. The summed E-state index contributed by atoms with van der Waals surface area (Å²) >= 11 is 1.50. The smallest absolute Gasteiger partial charge is 0.251 e. The topological polar surface area (TPSA) is 82.2 Å². The normalized spacial score (nSPS) is 10.9. The maximum absolute atomic E-state index is 13.4. The minimum Gasteiger partial charge on any atom is -0.467 e. The lowest BCUT2D eigenvalue weighted by atomic mass is 10.1. The van der Waals surface area contributed by atoms with Crippen LogP contribution in [0.25, 0.3) is 5.69 Å². The van der Waals surface area contributed by atoms with Crippen LogP contribution < -0.4 is 5.32 Å². The molecular formula is C23H21FN4O3S. The van der Waals surface area contributed by atoms with Crippen molar-refractivity contribution < 1.29 is 18.3 Å². The fourth-order valence-corrected chi connectivity index (χ4v) is 3.98. The Morgan fingerprint density at radius 2 is 1.91 bits per heavy atom. The van der Waals surface area contributed by atoms with E-state index in [1.54, 1.807) is 43.7 Å². The number of benzene rings is 2. The molecule has 0 bridgehead atoms. The number of hydrogen-bond acceptors (Lipinski definition) is 6. The molecule has 164 valence electrons. The van der Waals surface area contributed by atoms with Gasteiger partial charge >= 0.3 is 0 Å². The minimum absolute atomic E-state index is 0.166. The van der Waals surface area contributed by atoms with E-state index in [1.807, 2.05) is 22.8 Å². The predicted octanol–water partition coefficient (Wildman–Crippen LogP) is 4.37. The van der Waals surface area contributed by atoms with Crippen molar-refractivity contribution in [3.05, 3.63) is 95.5 Å². The van der Waals surface area contributed by atoms with Crippen molar-refractivity contribution in [2.45, 2.75) is 24.1 Å². The van der Waals surface area contributed by atoms with Crippen LogP contribution >= 0.6 is 11.8 Å². The Labute approximate surface area is 188 Å². The van der Waals surface area contributed by atoms with Crippen LogP contribution in [0.4, 0.5) is 4.39 Å². The number of thioether (sulfide) groups is 1. The molecule has 0 radical (unpaired) electrons. The maximum Gasteiger partial charge on any atom is 0.251 e. The number of nitrogens with zero attached hydrogens (tertiary/aromatic N) is 3. The first kappa shape index (κ1) is 21.8. The van der Waals surface area contributed by atoms with Crippen molar-refractivity contribution in [2.75, 3.05) is 7.11 Å². The second-order valence-electron chi connectivity index (χ2n) is 6.89. The van der Waals surface area contributed by atoms with Crippen LogP contribution in [0.3, 0.4) is 0 Å². The van der Waals surface area contributed by atoms with Crippen molar-refractivity contribution in [2.24, 2.45) is 0 Å². The van der Waals surface area contributed by atoms with Gasteiger partial charge in [-0.1, -0.05) is 23.9 Å². The minimum atomic E-state index is -0.308. The zero-order valence-corrected chi connectivity index (χ0v) is 18.1. The zero-order valence-electron chi connectivity index (χ0n) is 17.3. The summed E-state index contributed by atoms with van der Waals surface area (Å²) in [6, 6.07) is 17.1. The highest BCUT2D eigenvalue weighted by molar-refractivity contribution is 7.98. The van der Waals surface area contributed by atoms with E-state index in [0.717, 1.165) is 11.3 Å². The van der Waals surface area contributed by atoms with Gasteiger partial charge in [0.25, 0.3) is 5.91 Å². The van der Waals surface area contributed by atoms with Crippen molar-refractivity contribution in [1.29, 1.82) is 0 Å². The maximum atomic E-state index is 13.4. The molecule has 0 spiro atoms. The summed E-state index contributed by atoms with van der Waals surface area (Å²) in [5.41, 5.74) is 2.36. The Bertz CT molecular complexity index is 1160. The first-order chi connectivity index (χ1) is 15.6. The van der Waals surface area contributed by atoms with Gasteiger partial charge in [-0.3, -0.25) is 9.36 Å². The van der Waals surface area contributed by atoms with E-state index >= 15 is 0 Å². The molecule has 0 atom stereocenters. The largest absolute Gasteiger partial charge is 0.467 e. The van der Waals surface area contributed by atoms with E-state index in [4.69, 9.17) is 9.15 Å². The molecule has 0 fully saturated rings. The van der Waals surface area contributed by atoms with Crippen LogP contribution in [0.15, 0.2) is 76.5 Å². The number of nitrogens with one attached hydrogen (secondary N) is 1. The number of rotatable bonds is 9. The van der Waals surface area contributed by atoms with Gasteiger partial charge in [0.1, 0.15) is 18.2 Å². The molecule has 0 aliphatic rings. The molecule has 1 amide bonds. The van der Waals surface area contributed by atoms with Crippen LogP contribution in [0.2, 0.25) is 0 Å². The lowest BCUT2D eigenvalue weighted by Crippen LogP contribution is -2.22. The van der Waals surface area contributed by atoms with Gasteiger partial charge in [0.2, 0.25) is 0 Å². The molecule has 1 N–H and O–H groups in total. The SMILES string of the molecule is COCc1nnc(SCc2ccc(C(=O)NCc3ccco3)cc2)n1-c1ccc(F)cc1. The number of aromatic nitrogens is 3. The third-order valence-corrected chi connectivity index (χ3v) is 5.65. The Kier molecular flexibility index (Phi) is 6.98. The van der Waals surface area contributed by atoms with Crippen LogP contribution in [0.1, 0.15) is 27.5 Å². The predicted molar refractivity (Wildman–Crippen MR) is 118 cm³/mol. The number of halogens is 1. The van der Waals surface area contributed by atoms with Crippen molar-refractivity contribution in [3.63, 3.8) is 0 Å². The number of amides is 1. The van der Waals surface area contributed by atoms with Gasteiger partial charge in [-0.25, -0.2) is 4.39 Å². The summed E-state index contributed by atoms with van der Waals surface area (Å²) in [5, 5.41) is 12.0. The average Bonchev–Trinajstić information content (AvgIpc) is 3.47. The van der Waals surface area contributed by atoms with Crippen LogP contribution in [0, 0.1) is 5.82 Å². The number of furan rings is 1. The molecule has 9 heteroatoms. The molecule has 2 heterocycles. The second kappa shape index (κ2) is 10.3. The van der Waals surface area contributed by atoms with E-state index < -0.39 is 0 Å². The lowest BCUT2D eigenvalue weighted by molar-refractivity contribution is 0.0948. The Hall–Kier alpha value is -3.43. The van der Waals surface area contributed by atoms with Crippen molar-refractivity contribution in [3.8, 4) is 5.69 Å². The summed E-state index contributed by atoms with van der Waals surface area (Å²) in [6.07, 6.45) is 1.57. The van der Waals surface area contributed by atoms with Crippen LogP contribution in [-0.2, 0) is 23.6 Å². The highest BCUT2D eigenvalue weighted by Gasteiger charge is 2.15. The number of hydrogen-bond donors (Lipinski definition) is 1. The van der Waals surface area contributed by atoms with Crippen LogP contribution in [0.5, 0.6) is 0 Å². The third kappa shape index (κ3) is 5.24. The Morgan fingerprint density at radius 3 is 2.59 bits per heavy atom. The Balaban J connectivity index is 1.42. The van der Waals surface area contributed by atoms with E-state index in [-0.39, 0.29) is 18.3 Å². The highest BCUT2D eigenvalue weighted by Crippen LogP contribution is 2.26. The number of ether oxygens (including phenoxy) is 1. The van der Waals surface area contributed by atoms with E-state index in [9.17, 15) is 9.18 Å². The monoisotopic (exact) mass is 452 g/mol. The molecule has 0 saturated heterocycles. The van der Waals surface area contributed by atoms with Gasteiger partial charge in [0.05, 0.1) is 12.8 Å².